The normalized spacial score (nSPS) is 12.5. The summed E-state index contributed by atoms with van der Waals surface area (Å²) >= 11 is 0. The second-order valence-electron chi connectivity index (χ2n) is 11.2. The van der Waals surface area contributed by atoms with Crippen LogP contribution < -0.4 is 100 Å². The number of anilines is 2. The van der Waals surface area contributed by atoms with Crippen molar-refractivity contribution >= 4 is 102 Å². The van der Waals surface area contributed by atoms with Gasteiger partial charge in [-0.15, -0.1) is 15.3 Å². The van der Waals surface area contributed by atoms with Gasteiger partial charge in [-0.05, 0) is 72.8 Å². The monoisotopic (exact) mass is 986 g/mol. The Morgan fingerprint density at radius 2 is 0.790 bits per heavy atom. The third-order valence-electron chi connectivity index (χ3n) is 7.18. The number of nitrogen functional groups attached to an aromatic ring is 2. The molecule has 4 rings (SSSR count). The van der Waals surface area contributed by atoms with E-state index in [4.69, 9.17) is 11.5 Å². The van der Waals surface area contributed by atoms with Gasteiger partial charge in [0, 0.05) is 0 Å². The van der Waals surface area contributed by atoms with Crippen LogP contribution in [0.3, 0.4) is 0 Å². The second kappa shape index (κ2) is 23.5. The van der Waals surface area contributed by atoms with Gasteiger partial charge in [0.1, 0.15) is 32.7 Å². The smallest absolute Gasteiger partial charge is 0.744 e. The minimum absolute atomic E-state index is 0. The number of sulfone groups is 2. The fourth-order valence-electron chi connectivity index (χ4n) is 4.44. The first-order valence-corrected chi connectivity index (χ1v) is 22.8. The molecule has 0 heterocycles. The summed E-state index contributed by atoms with van der Waals surface area (Å²) in [4.78, 5) is 11.4. The quantitative estimate of drug-likeness (QED) is 0.0275. The van der Waals surface area contributed by atoms with Crippen LogP contribution in [0.5, 0.6) is 0 Å². The number of carboxylic acids is 1. The average molecular weight is 987 g/mol. The topological polar surface area (TPSA) is 422 Å². The maximum atomic E-state index is 12.6. The maximum Gasteiger partial charge on any atom is 1.00 e. The van der Waals surface area contributed by atoms with Crippen LogP contribution in [0.25, 0.3) is 0 Å². The Balaban J connectivity index is 0.00000641. The van der Waals surface area contributed by atoms with E-state index in [9.17, 15) is 65.6 Å². The predicted octanol–water partition coefficient (Wildman–Crippen LogP) is -5.79. The molecule has 5 N–H and O–H groups in total. The molecule has 0 saturated heterocycles. The number of nitrogens with zero attached hydrogens (tertiary/aromatic N) is 6. The van der Waals surface area contributed by atoms with E-state index in [0.717, 1.165) is 72.8 Å². The first-order valence-electron chi connectivity index (χ1n) is 15.4. The number of carboxylic acid groups (broad SMARTS) is 1. The van der Waals surface area contributed by atoms with Crippen LogP contribution in [-0.4, -0.2) is 91.5 Å². The van der Waals surface area contributed by atoms with Crippen LogP contribution in [0.15, 0.2) is 118 Å². The first kappa shape index (κ1) is 57.3. The zero-order valence-corrected chi connectivity index (χ0v) is 42.2. The summed E-state index contributed by atoms with van der Waals surface area (Å²) in [6, 6.07) is 12.6. The molecule has 0 aliphatic heterocycles. The van der Waals surface area contributed by atoms with E-state index in [0.29, 0.717) is 0 Å². The van der Waals surface area contributed by atoms with Crippen LogP contribution in [0, 0.1) is 0 Å². The maximum absolute atomic E-state index is 12.6. The molecule has 62 heavy (non-hydrogen) atoms. The molecule has 0 atom stereocenters. The second-order valence-corrected chi connectivity index (χ2v) is 18.9. The molecule has 0 aliphatic rings. The van der Waals surface area contributed by atoms with Crippen LogP contribution >= 0.6 is 0 Å². The van der Waals surface area contributed by atoms with Gasteiger partial charge in [0.05, 0.1) is 67.8 Å². The third-order valence-corrected chi connectivity index (χ3v) is 12.3. The molecular weight excluding hydrogens is 962 g/mol. The van der Waals surface area contributed by atoms with Crippen molar-refractivity contribution in [2.24, 2.45) is 30.7 Å². The van der Waals surface area contributed by atoms with Crippen LogP contribution in [0.1, 0.15) is 10.4 Å². The molecule has 0 amide bonds. The largest absolute Gasteiger partial charge is 1.00 e. The van der Waals surface area contributed by atoms with Crippen molar-refractivity contribution in [2.45, 2.75) is 14.7 Å². The summed E-state index contributed by atoms with van der Waals surface area (Å²) in [5.41, 5.74) is 8.65. The van der Waals surface area contributed by atoms with Crippen molar-refractivity contribution in [3.8, 4) is 0 Å². The standard InChI is InChI=1S/C29H28N8O17S5.3Na/c30-24-26(35-32-17-1-7-20(8-2-17)55(40,41)15-13-53-58(47,48)49)23(29(38)39)27(36-33-19-5-11-22(12-6-19)57(44,45)46)25(31)28(24)37-34-18-3-9-21(10-4-18)56(42,43)16-14-54-59(50,51)52;;;/h1-12H,13-16,30-31H2,(H,38,39)(H,44,45,46)(H,47,48,49)(H,50,51,52);;;/q;3*+1/p-3. The van der Waals surface area contributed by atoms with Gasteiger partial charge >= 0.3 is 94.6 Å². The van der Waals surface area contributed by atoms with Crippen molar-refractivity contribution in [3.05, 3.63) is 78.4 Å². The van der Waals surface area contributed by atoms with Crippen LogP contribution in [0.4, 0.5) is 45.5 Å². The van der Waals surface area contributed by atoms with Crippen LogP contribution in [0.2, 0.25) is 0 Å². The zero-order chi connectivity index (χ0) is 44.0. The van der Waals surface area contributed by atoms with Crippen molar-refractivity contribution in [1.82, 2.24) is 0 Å². The van der Waals surface area contributed by atoms with E-state index in [1.807, 2.05) is 0 Å². The summed E-state index contributed by atoms with van der Waals surface area (Å²) < 4.78 is 156. The minimum Gasteiger partial charge on any atom is -0.744 e. The molecule has 4 aromatic rings. The van der Waals surface area contributed by atoms with E-state index >= 15 is 0 Å². The Morgan fingerprint density at radius 3 is 1.06 bits per heavy atom. The van der Waals surface area contributed by atoms with Crippen molar-refractivity contribution < 1.29 is 163 Å². The Morgan fingerprint density at radius 1 is 0.500 bits per heavy atom. The number of azo groups is 3. The number of aromatic carboxylic acids is 1. The first-order chi connectivity index (χ1) is 27.3. The minimum atomic E-state index is -5.15. The number of hydrogen-bond acceptors (Lipinski definition) is 24. The Hall–Kier alpha value is -2.70. The summed E-state index contributed by atoms with van der Waals surface area (Å²) in [5.74, 6) is -3.49. The van der Waals surface area contributed by atoms with Gasteiger partial charge < -0.3 is 30.2 Å². The third kappa shape index (κ3) is 16.7. The van der Waals surface area contributed by atoms with Gasteiger partial charge in [-0.2, -0.15) is 15.3 Å². The molecule has 0 radical (unpaired) electrons. The fourth-order valence-corrected chi connectivity index (χ4v) is 7.87. The predicted molar refractivity (Wildman–Crippen MR) is 197 cm³/mol. The summed E-state index contributed by atoms with van der Waals surface area (Å²) in [6.07, 6.45) is 0. The molecule has 0 saturated carbocycles. The van der Waals surface area contributed by atoms with Gasteiger partial charge in [-0.1, -0.05) is 0 Å². The summed E-state index contributed by atoms with van der Waals surface area (Å²) in [7, 11) is -23.4. The SMILES string of the molecule is Nc1c(N=Nc2ccc(S(=O)(=O)CCOS(=O)(=O)[O-])cc2)c(N)c(N=Nc2ccc(S(=O)(=O)CCOS(=O)(=O)[O-])cc2)c(C(=O)O)c1N=Nc1ccc(S(=O)(=O)[O-])cc1.[Na+].[Na+].[Na+]. The number of rotatable bonds is 18. The molecule has 0 fully saturated rings. The molecule has 0 bridgehead atoms. The molecule has 0 spiro atoms. The molecule has 25 nitrogen and oxygen atoms in total. The Kier molecular flexibility index (Phi) is 21.7. The van der Waals surface area contributed by atoms with Crippen molar-refractivity contribution in [1.29, 1.82) is 0 Å². The van der Waals surface area contributed by atoms with Gasteiger partial charge in [-0.25, -0.2) is 46.9 Å². The summed E-state index contributed by atoms with van der Waals surface area (Å²) in [6.45, 7) is -1.91. The molecule has 0 aromatic heterocycles. The molecule has 0 unspecified atom stereocenters. The molecular formula is C29H25N8Na3O17S5. The number of carbonyl (C=O) groups is 1. The van der Waals surface area contributed by atoms with Crippen LogP contribution in [-0.2, 0) is 59.0 Å². The average Bonchev–Trinajstić information content (AvgIpc) is 3.12. The number of nitrogens with two attached hydrogens (primary N) is 2. The van der Waals surface area contributed by atoms with Gasteiger partial charge in [0.25, 0.3) is 0 Å². The number of benzene rings is 4. The van der Waals surface area contributed by atoms with E-state index in [1.165, 1.54) is 0 Å². The van der Waals surface area contributed by atoms with E-state index in [1.54, 1.807) is 0 Å². The summed E-state index contributed by atoms with van der Waals surface area (Å²) in [5, 5.41) is 33.7. The van der Waals surface area contributed by atoms with Gasteiger partial charge in [-0.3, -0.25) is 8.37 Å². The zero-order valence-electron chi connectivity index (χ0n) is 32.1. The van der Waals surface area contributed by atoms with Gasteiger partial charge in [0.2, 0.25) is 20.8 Å². The Labute approximate surface area is 419 Å². The molecule has 316 valence electrons. The van der Waals surface area contributed by atoms with E-state index < -0.39 is 120 Å². The fraction of sp³-hybridized carbons (Fsp3) is 0.138. The molecule has 0 aliphatic carbocycles. The molecule has 33 heteroatoms. The Bertz CT molecular complexity index is 2920. The van der Waals surface area contributed by atoms with E-state index in [2.05, 4.69) is 39.1 Å². The van der Waals surface area contributed by atoms with E-state index in [-0.39, 0.29) is 116 Å². The van der Waals surface area contributed by atoms with Gasteiger partial charge in [0.15, 0.2) is 19.7 Å². The van der Waals surface area contributed by atoms with Crippen molar-refractivity contribution in [3.63, 3.8) is 0 Å². The van der Waals surface area contributed by atoms with Crippen molar-refractivity contribution in [2.75, 3.05) is 36.2 Å². The number of hydrogen-bond donors (Lipinski definition) is 3. The molecule has 4 aromatic carbocycles.